The van der Waals surface area contributed by atoms with Gasteiger partial charge < -0.3 is 15.2 Å². The predicted octanol–water partition coefficient (Wildman–Crippen LogP) is 2.43. The van der Waals surface area contributed by atoms with Crippen molar-refractivity contribution in [1.82, 2.24) is 10.2 Å². The molecule has 2 aromatic carbocycles. The summed E-state index contributed by atoms with van der Waals surface area (Å²) in [6, 6.07) is 16.8. The fourth-order valence-corrected chi connectivity index (χ4v) is 3.28. The predicted molar refractivity (Wildman–Crippen MR) is 101 cm³/mol. The normalized spacial score (nSPS) is 16.8. The lowest BCUT2D eigenvalue weighted by Crippen LogP contribution is -2.42. The molecule has 1 atom stereocenters. The van der Waals surface area contributed by atoms with Crippen molar-refractivity contribution in [1.29, 1.82) is 0 Å². The second-order valence-electron chi connectivity index (χ2n) is 6.61. The molecule has 3 rings (SSSR count). The molecule has 1 heterocycles. The van der Waals surface area contributed by atoms with Crippen molar-refractivity contribution in [3.8, 4) is 5.75 Å². The van der Waals surface area contributed by atoms with E-state index in [9.17, 15) is 14.7 Å². The first-order chi connectivity index (χ1) is 13.1. The monoisotopic (exact) mass is 368 g/mol. The molecule has 1 saturated heterocycles. The molecule has 1 aliphatic rings. The molecule has 0 aromatic heterocycles. The molecular weight excluding hydrogens is 344 g/mol. The molecule has 0 spiro atoms. The lowest BCUT2D eigenvalue weighted by Gasteiger charge is -2.20. The van der Waals surface area contributed by atoms with Crippen LogP contribution in [0.3, 0.4) is 0 Å². The van der Waals surface area contributed by atoms with E-state index in [-0.39, 0.29) is 12.5 Å². The van der Waals surface area contributed by atoms with Crippen LogP contribution in [0.15, 0.2) is 54.6 Å². The highest BCUT2D eigenvalue weighted by Crippen LogP contribution is 2.17. The number of hydrogen-bond donors (Lipinski definition) is 2. The molecule has 27 heavy (non-hydrogen) atoms. The van der Waals surface area contributed by atoms with Crippen LogP contribution in [0.5, 0.6) is 5.75 Å². The Morgan fingerprint density at radius 2 is 1.78 bits per heavy atom. The van der Waals surface area contributed by atoms with Gasteiger partial charge in [0.05, 0.1) is 6.54 Å². The number of carboxylic acid groups (broad SMARTS) is 1. The number of benzene rings is 2. The van der Waals surface area contributed by atoms with Gasteiger partial charge in [-0.1, -0.05) is 42.5 Å². The molecule has 1 fully saturated rings. The van der Waals surface area contributed by atoms with Crippen molar-refractivity contribution in [2.24, 2.45) is 0 Å². The quantitative estimate of drug-likeness (QED) is 0.748. The van der Waals surface area contributed by atoms with Crippen LogP contribution in [0.4, 0.5) is 0 Å². The van der Waals surface area contributed by atoms with E-state index in [1.54, 1.807) is 4.90 Å². The van der Waals surface area contributed by atoms with Crippen LogP contribution in [0.2, 0.25) is 0 Å². The van der Waals surface area contributed by atoms with Crippen molar-refractivity contribution in [3.05, 3.63) is 65.7 Å². The van der Waals surface area contributed by atoms with Crippen LogP contribution in [0.25, 0.3) is 0 Å². The number of carbonyl (C=O) groups is 2. The van der Waals surface area contributed by atoms with Crippen molar-refractivity contribution in [3.63, 3.8) is 0 Å². The van der Waals surface area contributed by atoms with E-state index in [1.165, 1.54) is 0 Å². The van der Waals surface area contributed by atoms with E-state index in [0.717, 1.165) is 23.3 Å². The number of amides is 1. The Bertz CT molecular complexity index is 779. The van der Waals surface area contributed by atoms with E-state index in [0.29, 0.717) is 26.1 Å². The van der Waals surface area contributed by atoms with E-state index in [2.05, 4.69) is 5.32 Å². The van der Waals surface area contributed by atoms with Crippen LogP contribution in [0, 0.1) is 0 Å². The number of aliphatic carboxylic acids is 1. The van der Waals surface area contributed by atoms with Crippen LogP contribution < -0.4 is 10.1 Å². The first-order valence-electron chi connectivity index (χ1n) is 9.11. The summed E-state index contributed by atoms with van der Waals surface area (Å²) in [5.74, 6) is -0.226. The summed E-state index contributed by atoms with van der Waals surface area (Å²) >= 11 is 0. The standard InChI is InChI=1S/C21H24N2O4/c24-20(14-23-12-6-11-19(23)21(25)26)22-13-16-7-4-5-8-17(16)15-27-18-9-2-1-3-10-18/h1-5,7-10,19H,6,11-15H2,(H,22,24)(H,25,26)/t19-/m0/s1. The van der Waals surface area contributed by atoms with Crippen LogP contribution in [0.1, 0.15) is 24.0 Å². The molecular formula is C21H24N2O4. The molecule has 0 radical (unpaired) electrons. The number of ether oxygens (including phenoxy) is 1. The summed E-state index contributed by atoms with van der Waals surface area (Å²) in [5.41, 5.74) is 1.99. The van der Waals surface area contributed by atoms with Crippen LogP contribution in [-0.2, 0) is 22.7 Å². The van der Waals surface area contributed by atoms with Gasteiger partial charge in [0.2, 0.25) is 5.91 Å². The fourth-order valence-electron chi connectivity index (χ4n) is 3.28. The number of carboxylic acids is 1. The minimum atomic E-state index is -0.858. The van der Waals surface area contributed by atoms with E-state index >= 15 is 0 Å². The third-order valence-electron chi connectivity index (χ3n) is 4.73. The van der Waals surface area contributed by atoms with Crippen molar-refractivity contribution in [2.75, 3.05) is 13.1 Å². The van der Waals surface area contributed by atoms with Crippen LogP contribution in [-0.4, -0.2) is 41.0 Å². The summed E-state index contributed by atoms with van der Waals surface area (Å²) in [7, 11) is 0. The highest BCUT2D eigenvalue weighted by Gasteiger charge is 2.31. The van der Waals surface area contributed by atoms with Crippen molar-refractivity contribution < 1.29 is 19.4 Å². The zero-order valence-corrected chi connectivity index (χ0v) is 15.1. The first kappa shape index (κ1) is 18.9. The third-order valence-corrected chi connectivity index (χ3v) is 4.73. The number of hydrogen-bond acceptors (Lipinski definition) is 4. The number of nitrogens with one attached hydrogen (secondary N) is 1. The van der Waals surface area contributed by atoms with Gasteiger partial charge in [0.1, 0.15) is 18.4 Å². The van der Waals surface area contributed by atoms with Gasteiger partial charge in [-0.05, 0) is 42.6 Å². The Hall–Kier alpha value is -2.86. The minimum absolute atomic E-state index is 0.111. The van der Waals surface area contributed by atoms with Gasteiger partial charge in [-0.25, -0.2) is 0 Å². The molecule has 1 amide bonds. The maximum atomic E-state index is 12.3. The zero-order chi connectivity index (χ0) is 19.1. The molecule has 142 valence electrons. The lowest BCUT2D eigenvalue weighted by atomic mass is 10.1. The van der Waals surface area contributed by atoms with Gasteiger partial charge in [-0.15, -0.1) is 0 Å². The van der Waals surface area contributed by atoms with Gasteiger partial charge in [-0.3, -0.25) is 14.5 Å². The molecule has 2 aromatic rings. The number of nitrogens with zero attached hydrogens (tertiary/aromatic N) is 1. The van der Waals surface area contributed by atoms with Gasteiger partial charge in [0.15, 0.2) is 0 Å². The minimum Gasteiger partial charge on any atom is -0.489 e. The molecule has 0 aliphatic carbocycles. The summed E-state index contributed by atoms with van der Waals surface area (Å²) in [6.07, 6.45) is 1.41. The summed E-state index contributed by atoms with van der Waals surface area (Å²) in [4.78, 5) is 25.2. The third kappa shape index (κ3) is 5.31. The second-order valence-corrected chi connectivity index (χ2v) is 6.61. The van der Waals surface area contributed by atoms with Crippen molar-refractivity contribution in [2.45, 2.75) is 32.0 Å². The summed E-state index contributed by atoms with van der Waals surface area (Å²) in [6.45, 7) is 1.56. The smallest absolute Gasteiger partial charge is 0.320 e. The highest BCUT2D eigenvalue weighted by molar-refractivity contribution is 5.80. The fraction of sp³-hybridized carbons (Fsp3) is 0.333. The van der Waals surface area contributed by atoms with Gasteiger partial charge in [-0.2, -0.15) is 0 Å². The number of likely N-dealkylation sites (tertiary alicyclic amines) is 1. The number of rotatable bonds is 8. The second kappa shape index (κ2) is 9.19. The molecule has 6 nitrogen and oxygen atoms in total. The maximum Gasteiger partial charge on any atom is 0.320 e. The molecule has 0 saturated carbocycles. The summed E-state index contributed by atoms with van der Waals surface area (Å²) in [5, 5.41) is 12.1. The maximum absolute atomic E-state index is 12.3. The van der Waals surface area contributed by atoms with Gasteiger partial charge in [0.25, 0.3) is 0 Å². The largest absolute Gasteiger partial charge is 0.489 e. The molecule has 6 heteroatoms. The summed E-state index contributed by atoms with van der Waals surface area (Å²) < 4.78 is 5.80. The molecule has 1 aliphatic heterocycles. The Morgan fingerprint density at radius 3 is 2.52 bits per heavy atom. The Balaban J connectivity index is 1.53. The number of para-hydroxylation sites is 1. The molecule has 2 N–H and O–H groups in total. The topological polar surface area (TPSA) is 78.9 Å². The number of carbonyl (C=O) groups excluding carboxylic acids is 1. The highest BCUT2D eigenvalue weighted by atomic mass is 16.5. The van der Waals surface area contributed by atoms with Crippen LogP contribution >= 0.6 is 0 Å². The van der Waals surface area contributed by atoms with Gasteiger partial charge in [0, 0.05) is 6.54 Å². The first-order valence-corrected chi connectivity index (χ1v) is 9.11. The van der Waals surface area contributed by atoms with E-state index in [4.69, 9.17) is 4.74 Å². The molecule has 0 bridgehead atoms. The van der Waals surface area contributed by atoms with Gasteiger partial charge >= 0.3 is 5.97 Å². The SMILES string of the molecule is O=C(CN1CCC[C@H]1C(=O)O)NCc1ccccc1COc1ccccc1. The Morgan fingerprint density at radius 1 is 1.07 bits per heavy atom. The average molecular weight is 368 g/mol. The lowest BCUT2D eigenvalue weighted by molar-refractivity contribution is -0.142. The molecule has 0 unspecified atom stereocenters. The van der Waals surface area contributed by atoms with E-state index < -0.39 is 12.0 Å². The van der Waals surface area contributed by atoms with Crippen molar-refractivity contribution >= 4 is 11.9 Å². The Labute approximate surface area is 158 Å². The Kier molecular flexibility index (Phi) is 6.44. The zero-order valence-electron chi connectivity index (χ0n) is 15.1. The average Bonchev–Trinajstić information content (AvgIpc) is 3.14. The van der Waals surface area contributed by atoms with E-state index in [1.807, 2.05) is 54.6 Å².